The molecule has 0 spiro atoms. The number of thiazole rings is 1. The molecule has 4 aromatic rings. The molecule has 0 amide bonds. The van der Waals surface area contributed by atoms with E-state index >= 15 is 0 Å². The lowest BCUT2D eigenvalue weighted by atomic mass is 10.0. The number of halogens is 2. The van der Waals surface area contributed by atoms with Gasteiger partial charge in [0.25, 0.3) is 0 Å². The van der Waals surface area contributed by atoms with E-state index in [0.717, 1.165) is 56.9 Å². The van der Waals surface area contributed by atoms with Crippen molar-refractivity contribution in [2.24, 2.45) is 0 Å². The quantitative estimate of drug-likeness (QED) is 0.345. The van der Waals surface area contributed by atoms with E-state index in [1.807, 2.05) is 0 Å². The number of likely N-dealkylation sites (tertiary alicyclic amines) is 1. The molecule has 9 nitrogen and oxygen atoms in total. The Morgan fingerprint density at radius 3 is 2.78 bits per heavy atom. The van der Waals surface area contributed by atoms with Gasteiger partial charge < -0.3 is 30.7 Å². The lowest BCUT2D eigenvalue weighted by Crippen LogP contribution is -2.44. The monoisotopic (exact) mass is 543 g/mol. The van der Waals surface area contributed by atoms with Crippen LogP contribution >= 0.6 is 22.9 Å². The van der Waals surface area contributed by atoms with Crippen LogP contribution in [0.15, 0.2) is 18.2 Å². The summed E-state index contributed by atoms with van der Waals surface area (Å²) >= 11 is 7.82. The molecule has 2 aliphatic rings. The van der Waals surface area contributed by atoms with Gasteiger partial charge in [0.1, 0.15) is 23.8 Å². The van der Waals surface area contributed by atoms with Gasteiger partial charge in [-0.3, -0.25) is 0 Å². The molecule has 12 heteroatoms. The Labute approximate surface area is 222 Å². The fraction of sp³-hybridized carbons (Fsp3) is 0.400. The summed E-state index contributed by atoms with van der Waals surface area (Å²) in [6.45, 7) is 4.60. The van der Waals surface area contributed by atoms with Gasteiger partial charge in [-0.2, -0.15) is 9.97 Å². The van der Waals surface area contributed by atoms with E-state index in [9.17, 15) is 9.50 Å². The predicted octanol–water partition coefficient (Wildman–Crippen LogP) is 3.87. The standard InChI is InChI=1S/C25H27ClFN7O2S/c1-33-8-2-3-13(33)12-36-25-31-19-15(23(32-25)34-9-6-29-7-10-34)11-16(26)18(21(19)35)14-4-5-17(27)22-20(14)30-24(28)37-22/h4-5,11,13,29,35H,2-3,6-10,12H2,1H3,(H2,28,30). The highest BCUT2D eigenvalue weighted by Crippen LogP contribution is 2.46. The number of aromatic hydroxyl groups is 1. The van der Waals surface area contributed by atoms with Gasteiger partial charge in [0.15, 0.2) is 10.9 Å². The highest BCUT2D eigenvalue weighted by Gasteiger charge is 2.26. The molecule has 0 radical (unpaired) electrons. The number of rotatable bonds is 5. The highest BCUT2D eigenvalue weighted by atomic mass is 35.5. The number of nitrogens with two attached hydrogens (primary N) is 1. The molecule has 0 saturated carbocycles. The van der Waals surface area contributed by atoms with Gasteiger partial charge >= 0.3 is 6.01 Å². The number of likely N-dealkylation sites (N-methyl/N-ethyl adjacent to an activating group) is 1. The first-order valence-electron chi connectivity index (χ1n) is 12.3. The number of benzene rings is 2. The van der Waals surface area contributed by atoms with Crippen LogP contribution < -0.4 is 20.7 Å². The molecule has 194 valence electrons. The summed E-state index contributed by atoms with van der Waals surface area (Å²) < 4.78 is 20.9. The van der Waals surface area contributed by atoms with Crippen molar-refractivity contribution in [1.29, 1.82) is 0 Å². The number of anilines is 2. The number of piperazine rings is 1. The molecule has 2 saturated heterocycles. The SMILES string of the molecule is CN1CCCC1COc1nc(N2CCNCC2)c2cc(Cl)c(-c3ccc(F)c4sc(N)nc34)c(O)c2n1. The summed E-state index contributed by atoms with van der Waals surface area (Å²) in [5, 5.41) is 16.1. The van der Waals surface area contributed by atoms with E-state index in [4.69, 9.17) is 27.1 Å². The van der Waals surface area contributed by atoms with Crippen molar-refractivity contribution in [2.75, 3.05) is 57.0 Å². The van der Waals surface area contributed by atoms with E-state index < -0.39 is 5.82 Å². The Morgan fingerprint density at radius 1 is 1.22 bits per heavy atom. The van der Waals surface area contributed by atoms with Gasteiger partial charge in [0.05, 0.1) is 15.2 Å². The Morgan fingerprint density at radius 2 is 2.03 bits per heavy atom. The second-order valence-corrected chi connectivity index (χ2v) is 10.9. The minimum absolute atomic E-state index is 0.136. The van der Waals surface area contributed by atoms with Crippen molar-refractivity contribution in [3.63, 3.8) is 0 Å². The molecule has 4 heterocycles. The third-order valence-electron chi connectivity index (χ3n) is 7.15. The van der Waals surface area contributed by atoms with Crippen LogP contribution in [0.1, 0.15) is 12.8 Å². The number of nitrogens with one attached hydrogen (secondary N) is 1. The molecular weight excluding hydrogens is 517 g/mol. The molecule has 2 fully saturated rings. The van der Waals surface area contributed by atoms with Gasteiger partial charge in [0.2, 0.25) is 0 Å². The minimum atomic E-state index is -0.430. The highest BCUT2D eigenvalue weighted by molar-refractivity contribution is 7.22. The first-order valence-corrected chi connectivity index (χ1v) is 13.5. The Balaban J connectivity index is 1.51. The maximum atomic E-state index is 14.5. The summed E-state index contributed by atoms with van der Waals surface area (Å²) in [6, 6.07) is 5.12. The Hall–Kier alpha value is -2.99. The van der Waals surface area contributed by atoms with Crippen molar-refractivity contribution in [3.8, 4) is 22.9 Å². The van der Waals surface area contributed by atoms with Crippen LogP contribution in [0, 0.1) is 5.82 Å². The third-order valence-corrected chi connectivity index (χ3v) is 8.34. The number of hydrogen-bond acceptors (Lipinski definition) is 10. The largest absolute Gasteiger partial charge is 0.505 e. The summed E-state index contributed by atoms with van der Waals surface area (Å²) in [5.41, 5.74) is 7.34. The minimum Gasteiger partial charge on any atom is -0.505 e. The van der Waals surface area contributed by atoms with Gasteiger partial charge in [-0.1, -0.05) is 22.9 Å². The first kappa shape index (κ1) is 24.4. The van der Waals surface area contributed by atoms with E-state index in [1.165, 1.54) is 6.07 Å². The second-order valence-electron chi connectivity index (χ2n) is 9.46. The Bertz CT molecular complexity index is 1490. The normalized spacial score (nSPS) is 18.8. The molecule has 1 atom stereocenters. The maximum Gasteiger partial charge on any atom is 0.319 e. The van der Waals surface area contributed by atoms with Gasteiger partial charge in [-0.15, -0.1) is 0 Å². The molecule has 0 aliphatic carbocycles. The number of nitrogens with zero attached hydrogens (tertiary/aromatic N) is 5. The van der Waals surface area contributed by atoms with Crippen molar-refractivity contribution >= 4 is 55.0 Å². The van der Waals surface area contributed by atoms with Gasteiger partial charge in [-0.25, -0.2) is 9.37 Å². The molecule has 6 rings (SSSR count). The number of nitrogen functional groups attached to an aromatic ring is 1. The summed E-state index contributed by atoms with van der Waals surface area (Å²) in [7, 11) is 2.09. The topological polar surface area (TPSA) is 113 Å². The zero-order valence-corrected chi connectivity index (χ0v) is 21.9. The fourth-order valence-corrected chi connectivity index (χ4v) is 6.24. The smallest absolute Gasteiger partial charge is 0.319 e. The number of phenols is 1. The third kappa shape index (κ3) is 4.39. The van der Waals surface area contributed by atoms with Crippen LogP contribution in [-0.2, 0) is 0 Å². The molecule has 37 heavy (non-hydrogen) atoms. The fourth-order valence-electron chi connectivity index (χ4n) is 5.17. The van der Waals surface area contributed by atoms with Gasteiger partial charge in [-0.05, 0) is 44.6 Å². The maximum absolute atomic E-state index is 14.5. The van der Waals surface area contributed by atoms with Crippen LogP contribution in [-0.4, -0.2) is 77.4 Å². The first-order chi connectivity index (χ1) is 17.9. The molecular formula is C25H27ClFN7O2S. The number of phenolic OH excluding ortho intramolecular Hbond substituents is 1. The Kier molecular flexibility index (Phi) is 6.39. The zero-order valence-electron chi connectivity index (χ0n) is 20.3. The predicted molar refractivity (Wildman–Crippen MR) is 145 cm³/mol. The molecule has 2 aromatic heterocycles. The molecule has 2 aromatic carbocycles. The van der Waals surface area contributed by atoms with Crippen molar-refractivity contribution < 1.29 is 14.2 Å². The van der Waals surface area contributed by atoms with Crippen LogP contribution in [0.5, 0.6) is 11.8 Å². The van der Waals surface area contributed by atoms with Crippen molar-refractivity contribution in [1.82, 2.24) is 25.2 Å². The zero-order chi connectivity index (χ0) is 25.7. The average Bonchev–Trinajstić information content (AvgIpc) is 3.49. The lowest BCUT2D eigenvalue weighted by Gasteiger charge is -2.29. The van der Waals surface area contributed by atoms with E-state index in [2.05, 4.69) is 32.1 Å². The van der Waals surface area contributed by atoms with Gasteiger partial charge in [0, 0.05) is 48.7 Å². The summed E-state index contributed by atoms with van der Waals surface area (Å²) in [4.78, 5) is 18.1. The number of hydrogen-bond donors (Lipinski definition) is 3. The van der Waals surface area contributed by atoms with E-state index in [-0.39, 0.29) is 21.9 Å². The van der Waals surface area contributed by atoms with Crippen LogP contribution in [0.3, 0.4) is 0 Å². The van der Waals surface area contributed by atoms with E-state index in [1.54, 1.807) is 12.1 Å². The van der Waals surface area contributed by atoms with E-state index in [0.29, 0.717) is 50.7 Å². The average molecular weight is 544 g/mol. The van der Waals surface area contributed by atoms with Crippen LogP contribution in [0.25, 0.3) is 32.2 Å². The van der Waals surface area contributed by atoms with Crippen LogP contribution in [0.2, 0.25) is 5.02 Å². The summed E-state index contributed by atoms with van der Waals surface area (Å²) in [5.74, 6) is 0.0935. The second kappa shape index (κ2) is 9.71. The summed E-state index contributed by atoms with van der Waals surface area (Å²) in [6.07, 6.45) is 2.18. The lowest BCUT2D eigenvalue weighted by molar-refractivity contribution is 0.188. The number of aromatic nitrogens is 3. The molecule has 2 aliphatic heterocycles. The van der Waals surface area contributed by atoms with Crippen molar-refractivity contribution in [2.45, 2.75) is 18.9 Å². The van der Waals surface area contributed by atoms with Crippen molar-refractivity contribution in [3.05, 3.63) is 29.0 Å². The number of ether oxygens (including phenoxy) is 1. The van der Waals surface area contributed by atoms with Crippen LogP contribution in [0.4, 0.5) is 15.3 Å². The molecule has 1 unspecified atom stereocenters. The molecule has 4 N–H and O–H groups in total. The molecule has 0 bridgehead atoms. The number of fused-ring (bicyclic) bond motifs is 2.